The second-order valence-corrected chi connectivity index (χ2v) is 8.26. The van der Waals surface area contributed by atoms with Crippen molar-refractivity contribution in [1.29, 1.82) is 0 Å². The number of aryl methyl sites for hydroxylation is 1. The molecule has 4 rings (SSSR count). The quantitative estimate of drug-likeness (QED) is 0.500. The third-order valence-corrected chi connectivity index (χ3v) is 5.58. The third-order valence-electron chi connectivity index (χ3n) is 4.08. The second-order valence-electron chi connectivity index (χ2n) is 6.14. The number of rotatable bonds is 4. The first-order valence-electron chi connectivity index (χ1n) is 8.50. The summed E-state index contributed by atoms with van der Waals surface area (Å²) in [6.45, 7) is 1.66. The predicted molar refractivity (Wildman–Crippen MR) is 115 cm³/mol. The van der Waals surface area contributed by atoms with Gasteiger partial charge in [0.25, 0.3) is 5.56 Å². The smallest absolute Gasteiger partial charge is 0.294 e. The van der Waals surface area contributed by atoms with Gasteiger partial charge in [0, 0.05) is 15.7 Å². The van der Waals surface area contributed by atoms with Crippen LogP contribution in [0.15, 0.2) is 63.9 Å². The van der Waals surface area contributed by atoms with Crippen molar-refractivity contribution in [1.82, 2.24) is 14.8 Å². The Morgan fingerprint density at radius 1 is 1.14 bits per heavy atom. The highest BCUT2D eigenvalue weighted by molar-refractivity contribution is 9.10. The molecule has 0 aliphatic heterocycles. The first-order chi connectivity index (χ1) is 13.5. The zero-order valence-corrected chi connectivity index (χ0v) is 17.3. The van der Waals surface area contributed by atoms with Gasteiger partial charge in [0.2, 0.25) is 5.91 Å². The Labute approximate surface area is 173 Å². The molecule has 0 unspecified atom stereocenters. The van der Waals surface area contributed by atoms with Crippen molar-refractivity contribution >= 4 is 49.1 Å². The standard InChI is InChI=1S/C20H15BrN4O2S/c1-12-22-18-19(28-12)17(13-5-3-2-4-6-13)24-25(20(18)27)11-16(26)23-15-9-7-14(21)8-10-15/h2-10H,11H2,1H3,(H,23,26). The molecular weight excluding hydrogens is 440 g/mol. The number of carbonyl (C=O) groups is 1. The maximum Gasteiger partial charge on any atom is 0.294 e. The van der Waals surface area contributed by atoms with Gasteiger partial charge < -0.3 is 5.32 Å². The number of amides is 1. The van der Waals surface area contributed by atoms with Crippen LogP contribution >= 0.6 is 27.3 Å². The summed E-state index contributed by atoms with van der Waals surface area (Å²) in [4.78, 5) is 29.7. The lowest BCUT2D eigenvalue weighted by atomic mass is 10.1. The van der Waals surface area contributed by atoms with Gasteiger partial charge in [-0.25, -0.2) is 9.67 Å². The fourth-order valence-corrected chi connectivity index (χ4v) is 4.01. The SMILES string of the molecule is Cc1nc2c(=O)n(CC(=O)Nc3ccc(Br)cc3)nc(-c3ccccc3)c2s1. The average molecular weight is 455 g/mol. The Kier molecular flexibility index (Phi) is 5.06. The van der Waals surface area contributed by atoms with Crippen LogP contribution in [0.3, 0.4) is 0 Å². The van der Waals surface area contributed by atoms with E-state index in [1.165, 1.54) is 16.0 Å². The summed E-state index contributed by atoms with van der Waals surface area (Å²) < 4.78 is 2.83. The van der Waals surface area contributed by atoms with E-state index in [4.69, 9.17) is 0 Å². The van der Waals surface area contributed by atoms with Crippen molar-refractivity contribution in [3.63, 3.8) is 0 Å². The van der Waals surface area contributed by atoms with Crippen LogP contribution < -0.4 is 10.9 Å². The molecule has 0 saturated heterocycles. The number of thiazole rings is 1. The highest BCUT2D eigenvalue weighted by Gasteiger charge is 2.17. The number of benzene rings is 2. The molecule has 140 valence electrons. The number of carbonyl (C=O) groups excluding carboxylic acids is 1. The molecule has 0 radical (unpaired) electrons. The van der Waals surface area contributed by atoms with Crippen LogP contribution in [0.5, 0.6) is 0 Å². The van der Waals surface area contributed by atoms with Gasteiger partial charge in [-0.1, -0.05) is 46.3 Å². The number of anilines is 1. The van der Waals surface area contributed by atoms with Crippen molar-refractivity contribution in [3.05, 3.63) is 74.4 Å². The Morgan fingerprint density at radius 3 is 2.57 bits per heavy atom. The van der Waals surface area contributed by atoms with Gasteiger partial charge in [-0.15, -0.1) is 11.3 Å². The summed E-state index contributed by atoms with van der Waals surface area (Å²) in [5.74, 6) is -0.331. The van der Waals surface area contributed by atoms with Gasteiger partial charge >= 0.3 is 0 Å². The third kappa shape index (κ3) is 3.74. The van der Waals surface area contributed by atoms with Gasteiger partial charge in [-0.2, -0.15) is 5.10 Å². The number of nitrogens with one attached hydrogen (secondary N) is 1. The molecule has 0 saturated carbocycles. The molecule has 0 spiro atoms. The molecule has 28 heavy (non-hydrogen) atoms. The van der Waals surface area contributed by atoms with Crippen LogP contribution in [0.25, 0.3) is 21.5 Å². The van der Waals surface area contributed by atoms with Gasteiger partial charge in [0.1, 0.15) is 12.2 Å². The molecule has 0 atom stereocenters. The lowest BCUT2D eigenvalue weighted by Crippen LogP contribution is -2.30. The predicted octanol–water partition coefficient (Wildman–Crippen LogP) is 4.23. The largest absolute Gasteiger partial charge is 0.324 e. The van der Waals surface area contributed by atoms with Gasteiger partial charge in [0.05, 0.1) is 9.71 Å². The van der Waals surface area contributed by atoms with Crippen molar-refractivity contribution in [2.75, 3.05) is 5.32 Å². The molecular formula is C20H15BrN4O2S. The molecule has 2 aromatic carbocycles. The molecule has 4 aromatic rings. The molecule has 0 fully saturated rings. The van der Waals surface area contributed by atoms with Crippen LogP contribution in [-0.2, 0) is 11.3 Å². The number of fused-ring (bicyclic) bond motifs is 1. The van der Waals surface area contributed by atoms with Gasteiger partial charge in [0.15, 0.2) is 5.52 Å². The van der Waals surface area contributed by atoms with E-state index in [0.29, 0.717) is 16.9 Å². The normalized spacial score (nSPS) is 10.9. The number of hydrogen-bond acceptors (Lipinski definition) is 5. The van der Waals surface area contributed by atoms with E-state index in [1.54, 1.807) is 12.1 Å². The Morgan fingerprint density at radius 2 is 1.86 bits per heavy atom. The van der Waals surface area contributed by atoms with E-state index < -0.39 is 0 Å². The fraction of sp³-hybridized carbons (Fsp3) is 0.100. The first kappa shape index (κ1) is 18.5. The number of hydrogen-bond donors (Lipinski definition) is 1. The van der Waals surface area contributed by atoms with Crippen LogP contribution in [-0.4, -0.2) is 20.7 Å². The summed E-state index contributed by atoms with van der Waals surface area (Å²) in [6, 6.07) is 16.8. The van der Waals surface area contributed by atoms with E-state index in [1.807, 2.05) is 49.4 Å². The summed E-state index contributed by atoms with van der Waals surface area (Å²) in [6.07, 6.45) is 0. The van der Waals surface area contributed by atoms with Gasteiger partial charge in [-0.05, 0) is 31.2 Å². The summed E-state index contributed by atoms with van der Waals surface area (Å²) in [5.41, 5.74) is 2.14. The lowest BCUT2D eigenvalue weighted by molar-refractivity contribution is -0.117. The van der Waals surface area contributed by atoms with E-state index in [2.05, 4.69) is 31.3 Å². The summed E-state index contributed by atoms with van der Waals surface area (Å²) in [5, 5.41) is 8.05. The molecule has 2 heterocycles. The second kappa shape index (κ2) is 7.65. The minimum absolute atomic E-state index is 0.193. The highest BCUT2D eigenvalue weighted by atomic mass is 79.9. The Bertz CT molecular complexity index is 1220. The first-order valence-corrected chi connectivity index (χ1v) is 10.1. The van der Waals surface area contributed by atoms with E-state index in [0.717, 1.165) is 19.7 Å². The van der Waals surface area contributed by atoms with Crippen LogP contribution in [0.2, 0.25) is 0 Å². The zero-order chi connectivity index (χ0) is 19.7. The lowest BCUT2D eigenvalue weighted by Gasteiger charge is -2.09. The van der Waals surface area contributed by atoms with E-state index in [-0.39, 0.29) is 18.0 Å². The maximum absolute atomic E-state index is 12.8. The molecule has 6 nitrogen and oxygen atoms in total. The number of aromatic nitrogens is 3. The molecule has 2 aromatic heterocycles. The van der Waals surface area contributed by atoms with Crippen LogP contribution in [0.4, 0.5) is 5.69 Å². The van der Waals surface area contributed by atoms with Crippen LogP contribution in [0, 0.1) is 6.92 Å². The monoisotopic (exact) mass is 454 g/mol. The van der Waals surface area contributed by atoms with E-state index >= 15 is 0 Å². The molecule has 1 N–H and O–H groups in total. The molecule has 0 aliphatic carbocycles. The average Bonchev–Trinajstić information content (AvgIpc) is 3.08. The number of nitrogens with zero attached hydrogens (tertiary/aromatic N) is 3. The van der Waals surface area contributed by atoms with Crippen LogP contribution in [0.1, 0.15) is 5.01 Å². The van der Waals surface area contributed by atoms with Gasteiger partial charge in [-0.3, -0.25) is 9.59 Å². The van der Waals surface area contributed by atoms with Crippen molar-refractivity contribution in [2.24, 2.45) is 0 Å². The summed E-state index contributed by atoms with van der Waals surface area (Å²) >= 11 is 4.78. The summed E-state index contributed by atoms with van der Waals surface area (Å²) in [7, 11) is 0. The van der Waals surface area contributed by atoms with Crippen molar-refractivity contribution in [3.8, 4) is 11.3 Å². The van der Waals surface area contributed by atoms with Crippen molar-refractivity contribution < 1.29 is 4.79 Å². The molecule has 0 bridgehead atoms. The molecule has 0 aliphatic rings. The Balaban J connectivity index is 1.72. The molecule has 8 heteroatoms. The minimum atomic E-state index is -0.370. The zero-order valence-electron chi connectivity index (χ0n) is 14.8. The highest BCUT2D eigenvalue weighted by Crippen LogP contribution is 2.29. The number of halogens is 1. The van der Waals surface area contributed by atoms with Crippen molar-refractivity contribution in [2.45, 2.75) is 13.5 Å². The maximum atomic E-state index is 12.8. The topological polar surface area (TPSA) is 76.9 Å². The molecule has 1 amide bonds. The Hall–Kier alpha value is -2.84. The fourth-order valence-electron chi connectivity index (χ4n) is 2.83. The van der Waals surface area contributed by atoms with E-state index in [9.17, 15) is 9.59 Å². The minimum Gasteiger partial charge on any atom is -0.324 e.